The van der Waals surface area contributed by atoms with Gasteiger partial charge in [-0.25, -0.2) is 13.1 Å². The minimum atomic E-state index is -3.56. The molecule has 0 bridgehead atoms. The summed E-state index contributed by atoms with van der Waals surface area (Å²) in [7, 11) is -1.98. The highest BCUT2D eigenvalue weighted by Gasteiger charge is 2.22. The Bertz CT molecular complexity index is 724. The normalized spacial score (nSPS) is 13.1. The lowest BCUT2D eigenvalue weighted by Crippen LogP contribution is -2.26. The van der Waals surface area contributed by atoms with Crippen LogP contribution in [0.1, 0.15) is 18.5 Å². The van der Waals surface area contributed by atoms with Crippen molar-refractivity contribution in [1.82, 2.24) is 4.72 Å². The lowest BCUT2D eigenvalue weighted by Gasteiger charge is -2.14. The van der Waals surface area contributed by atoms with Crippen molar-refractivity contribution in [2.24, 2.45) is 0 Å². The summed E-state index contributed by atoms with van der Waals surface area (Å²) >= 11 is 7.76. The van der Waals surface area contributed by atoms with E-state index in [1.54, 1.807) is 20.1 Å². The number of benzene rings is 1. The molecule has 114 valence electrons. The van der Waals surface area contributed by atoms with Gasteiger partial charge in [-0.3, -0.25) is 0 Å². The van der Waals surface area contributed by atoms with Gasteiger partial charge in [-0.05, 0) is 62.5 Å². The fourth-order valence-corrected chi connectivity index (χ4v) is 5.80. The first-order valence-corrected chi connectivity index (χ1v) is 9.83. The van der Waals surface area contributed by atoms with Gasteiger partial charge in [-0.1, -0.05) is 12.1 Å². The van der Waals surface area contributed by atoms with E-state index in [2.05, 4.69) is 36.6 Å². The predicted molar refractivity (Wildman–Crippen MR) is 91.4 cm³/mol. The monoisotopic (exact) mass is 453 g/mol. The summed E-state index contributed by atoms with van der Waals surface area (Å²) in [5.74, 6) is 0.695. The molecule has 2 rings (SSSR count). The molecule has 0 aliphatic heterocycles. The van der Waals surface area contributed by atoms with Crippen LogP contribution in [0, 0.1) is 0 Å². The van der Waals surface area contributed by atoms with E-state index in [0.717, 1.165) is 25.2 Å². The number of thiophene rings is 1. The molecule has 0 aliphatic carbocycles. The lowest BCUT2D eigenvalue weighted by molar-refractivity contribution is 0.413. The van der Waals surface area contributed by atoms with Crippen LogP contribution in [0.3, 0.4) is 0 Å². The van der Waals surface area contributed by atoms with Crippen LogP contribution in [0.4, 0.5) is 0 Å². The smallest absolute Gasteiger partial charge is 0.250 e. The third-order valence-electron chi connectivity index (χ3n) is 2.81. The SMILES string of the molecule is COc1cccc(C(C)NS(=O)(=O)c2cc(Br)c(Br)s2)c1. The number of sulfonamides is 1. The van der Waals surface area contributed by atoms with Crippen molar-refractivity contribution in [3.8, 4) is 5.75 Å². The number of halogens is 2. The Kier molecular flexibility index (Phi) is 5.48. The van der Waals surface area contributed by atoms with Crippen molar-refractivity contribution in [2.75, 3.05) is 7.11 Å². The van der Waals surface area contributed by atoms with Crippen molar-refractivity contribution in [1.29, 1.82) is 0 Å². The second kappa shape index (κ2) is 6.78. The highest BCUT2D eigenvalue weighted by atomic mass is 79.9. The Hall–Kier alpha value is -0.410. The molecule has 21 heavy (non-hydrogen) atoms. The van der Waals surface area contributed by atoms with E-state index in [1.807, 2.05) is 24.3 Å². The maximum absolute atomic E-state index is 12.4. The van der Waals surface area contributed by atoms with Crippen molar-refractivity contribution in [3.63, 3.8) is 0 Å². The second-order valence-electron chi connectivity index (χ2n) is 4.31. The first-order chi connectivity index (χ1) is 9.83. The fraction of sp³-hybridized carbons (Fsp3) is 0.231. The number of hydrogen-bond donors (Lipinski definition) is 1. The van der Waals surface area contributed by atoms with E-state index < -0.39 is 10.0 Å². The maximum Gasteiger partial charge on any atom is 0.250 e. The van der Waals surface area contributed by atoms with Gasteiger partial charge in [-0.2, -0.15) is 0 Å². The van der Waals surface area contributed by atoms with Gasteiger partial charge >= 0.3 is 0 Å². The van der Waals surface area contributed by atoms with Gasteiger partial charge in [0.15, 0.2) is 0 Å². The first-order valence-electron chi connectivity index (χ1n) is 5.94. The molecule has 1 heterocycles. The largest absolute Gasteiger partial charge is 0.497 e. The first kappa shape index (κ1) is 17.0. The Balaban J connectivity index is 2.23. The molecule has 1 unspecified atom stereocenters. The maximum atomic E-state index is 12.4. The quantitative estimate of drug-likeness (QED) is 0.731. The lowest BCUT2D eigenvalue weighted by atomic mass is 10.1. The van der Waals surface area contributed by atoms with Crippen LogP contribution in [-0.2, 0) is 10.0 Å². The summed E-state index contributed by atoms with van der Waals surface area (Å²) in [6.45, 7) is 1.80. The molecular weight excluding hydrogens is 442 g/mol. The Morgan fingerprint density at radius 2 is 2.00 bits per heavy atom. The molecule has 1 aromatic carbocycles. The molecule has 2 aromatic rings. The van der Waals surface area contributed by atoms with Gasteiger partial charge in [0.25, 0.3) is 10.0 Å². The molecule has 0 saturated heterocycles. The minimum Gasteiger partial charge on any atom is -0.497 e. The van der Waals surface area contributed by atoms with Gasteiger partial charge < -0.3 is 4.74 Å². The van der Waals surface area contributed by atoms with Crippen LogP contribution in [0.5, 0.6) is 5.75 Å². The van der Waals surface area contributed by atoms with E-state index in [9.17, 15) is 8.42 Å². The van der Waals surface area contributed by atoms with Crippen molar-refractivity contribution in [3.05, 3.63) is 44.2 Å². The number of nitrogens with one attached hydrogen (secondary N) is 1. The standard InChI is InChI=1S/C13H13Br2NO3S2/c1-8(9-4-3-5-10(6-9)19-2)16-21(17,18)12-7-11(14)13(15)20-12/h3-8,16H,1-2H3. The molecule has 0 aliphatic rings. The zero-order chi connectivity index (χ0) is 15.6. The minimum absolute atomic E-state index is 0.260. The molecule has 0 amide bonds. The van der Waals surface area contributed by atoms with Gasteiger partial charge in [0.05, 0.1) is 10.9 Å². The third kappa shape index (κ3) is 4.07. The van der Waals surface area contributed by atoms with Crippen LogP contribution in [0.15, 0.2) is 42.8 Å². The molecule has 0 radical (unpaired) electrons. The van der Waals surface area contributed by atoms with Crippen LogP contribution in [-0.4, -0.2) is 15.5 Å². The molecule has 0 fully saturated rings. The number of rotatable bonds is 5. The van der Waals surface area contributed by atoms with Crippen molar-refractivity contribution < 1.29 is 13.2 Å². The summed E-state index contributed by atoms with van der Waals surface area (Å²) in [5.41, 5.74) is 0.840. The summed E-state index contributed by atoms with van der Waals surface area (Å²) in [5, 5.41) is 0. The number of methoxy groups -OCH3 is 1. The van der Waals surface area contributed by atoms with E-state index in [-0.39, 0.29) is 10.3 Å². The topological polar surface area (TPSA) is 55.4 Å². The second-order valence-corrected chi connectivity index (χ2v) is 9.47. The van der Waals surface area contributed by atoms with E-state index in [0.29, 0.717) is 5.75 Å². The van der Waals surface area contributed by atoms with Crippen LogP contribution < -0.4 is 9.46 Å². The average molecular weight is 455 g/mol. The fourth-order valence-electron chi connectivity index (χ4n) is 1.73. The number of ether oxygens (including phenoxy) is 1. The van der Waals surface area contributed by atoms with Crippen LogP contribution in [0.2, 0.25) is 0 Å². The Morgan fingerprint density at radius 3 is 2.57 bits per heavy atom. The highest BCUT2D eigenvalue weighted by Crippen LogP contribution is 2.35. The summed E-state index contributed by atoms with van der Waals surface area (Å²) in [6.07, 6.45) is 0. The zero-order valence-corrected chi connectivity index (χ0v) is 16.1. The predicted octanol–water partition coefficient (Wildman–Crippen LogP) is 4.32. The molecule has 4 nitrogen and oxygen atoms in total. The van der Waals surface area contributed by atoms with Gasteiger partial charge in [0.1, 0.15) is 9.96 Å². The van der Waals surface area contributed by atoms with Gasteiger partial charge in [0, 0.05) is 10.5 Å². The summed E-state index contributed by atoms with van der Waals surface area (Å²) in [4.78, 5) is 0. The third-order valence-corrected chi connectivity index (χ3v) is 8.08. The van der Waals surface area contributed by atoms with Crippen LogP contribution in [0.25, 0.3) is 0 Å². The Morgan fingerprint density at radius 1 is 1.29 bits per heavy atom. The molecule has 1 N–H and O–H groups in total. The summed E-state index contributed by atoms with van der Waals surface area (Å²) < 4.78 is 34.3. The zero-order valence-electron chi connectivity index (χ0n) is 11.3. The Labute approximate surface area is 144 Å². The number of hydrogen-bond acceptors (Lipinski definition) is 4. The molecule has 8 heteroatoms. The molecular formula is C13H13Br2NO3S2. The molecule has 0 saturated carbocycles. The van der Waals surface area contributed by atoms with E-state index in [1.165, 1.54) is 0 Å². The van der Waals surface area contributed by atoms with E-state index in [4.69, 9.17) is 4.74 Å². The molecule has 1 aromatic heterocycles. The summed E-state index contributed by atoms with van der Waals surface area (Å²) in [6, 6.07) is 8.54. The molecule has 1 atom stereocenters. The van der Waals surface area contributed by atoms with Crippen molar-refractivity contribution in [2.45, 2.75) is 17.2 Å². The van der Waals surface area contributed by atoms with Gasteiger partial charge in [0.2, 0.25) is 0 Å². The average Bonchev–Trinajstić information content (AvgIpc) is 2.79. The highest BCUT2D eigenvalue weighted by molar-refractivity contribution is 9.13. The van der Waals surface area contributed by atoms with Crippen molar-refractivity contribution >= 4 is 53.2 Å². The van der Waals surface area contributed by atoms with Gasteiger partial charge in [-0.15, -0.1) is 11.3 Å². The molecule has 0 spiro atoms. The van der Waals surface area contributed by atoms with E-state index >= 15 is 0 Å². The van der Waals surface area contributed by atoms with Crippen LogP contribution >= 0.6 is 43.2 Å².